The van der Waals surface area contributed by atoms with Crippen molar-refractivity contribution < 1.29 is 27.5 Å². The van der Waals surface area contributed by atoms with Crippen LogP contribution in [0.1, 0.15) is 15.2 Å². The van der Waals surface area contributed by atoms with E-state index in [1.165, 1.54) is 6.07 Å². The van der Waals surface area contributed by atoms with E-state index < -0.39 is 30.2 Å². The van der Waals surface area contributed by atoms with Crippen molar-refractivity contribution in [2.24, 2.45) is 0 Å². The Morgan fingerprint density at radius 2 is 1.92 bits per heavy atom. The van der Waals surface area contributed by atoms with Crippen molar-refractivity contribution in [2.75, 3.05) is 11.9 Å². The Labute approximate surface area is 165 Å². The highest BCUT2D eigenvalue weighted by Crippen LogP contribution is 2.34. The second-order valence-electron chi connectivity index (χ2n) is 4.55. The second-order valence-corrected chi connectivity index (χ2v) is 8.18. The van der Waals surface area contributed by atoms with E-state index in [9.17, 15) is 22.8 Å². The Morgan fingerprint density at radius 3 is 2.48 bits per heavy atom. The number of nitrogens with one attached hydrogen (secondary N) is 1. The molecule has 2 aromatic rings. The maximum absolute atomic E-state index is 12.7. The average Bonchev–Trinajstić information content (AvgIpc) is 2.85. The third-order valence-electron chi connectivity index (χ3n) is 2.75. The molecule has 11 heteroatoms. The third kappa shape index (κ3) is 5.44. The molecule has 4 nitrogen and oxygen atoms in total. The van der Waals surface area contributed by atoms with Crippen LogP contribution in [0, 0.1) is 0 Å². The number of hydrogen-bond donors (Lipinski definition) is 1. The standard InChI is InChI=1S/C14H7Br2ClF3NO3S/c15-7-4-10(25-12(7)16)13(23)24-5-11(22)21-9-3-6(14(18,19)20)1-2-8(9)17/h1-4H,5H2,(H,21,22). The number of alkyl halides is 3. The fourth-order valence-corrected chi connectivity index (χ4v) is 3.73. The van der Waals surface area contributed by atoms with Gasteiger partial charge in [0.2, 0.25) is 0 Å². The molecule has 0 radical (unpaired) electrons. The number of benzene rings is 1. The smallest absolute Gasteiger partial charge is 0.416 e. The minimum atomic E-state index is -4.57. The molecule has 0 fully saturated rings. The first kappa shape index (κ1) is 20.2. The van der Waals surface area contributed by atoms with Crippen molar-refractivity contribution >= 4 is 72.4 Å². The van der Waals surface area contributed by atoms with Gasteiger partial charge in [-0.25, -0.2) is 4.79 Å². The van der Waals surface area contributed by atoms with Gasteiger partial charge in [0, 0.05) is 4.47 Å². The van der Waals surface area contributed by atoms with Crippen LogP contribution in [0.3, 0.4) is 0 Å². The van der Waals surface area contributed by atoms with Crippen LogP contribution < -0.4 is 5.32 Å². The fourth-order valence-electron chi connectivity index (χ4n) is 1.63. The zero-order valence-corrected chi connectivity index (χ0v) is 16.7. The predicted octanol–water partition coefficient (Wildman–Crippen LogP) is 5.74. The Hall–Kier alpha value is -1.10. The van der Waals surface area contributed by atoms with Crippen LogP contribution in [-0.2, 0) is 15.7 Å². The first-order valence-corrected chi connectivity index (χ1v) is 9.14. The summed E-state index contributed by atoms with van der Waals surface area (Å²) in [6.45, 7) is -0.668. The summed E-state index contributed by atoms with van der Waals surface area (Å²) in [5.41, 5.74) is -1.18. The highest BCUT2D eigenvalue weighted by molar-refractivity contribution is 9.13. The first-order chi connectivity index (χ1) is 11.6. The van der Waals surface area contributed by atoms with E-state index in [1.54, 1.807) is 0 Å². The van der Waals surface area contributed by atoms with Crippen LogP contribution in [0.15, 0.2) is 32.5 Å². The van der Waals surface area contributed by atoms with Gasteiger partial charge in [-0.1, -0.05) is 11.6 Å². The van der Waals surface area contributed by atoms with E-state index in [1.807, 2.05) is 0 Å². The number of rotatable bonds is 4. The molecule has 25 heavy (non-hydrogen) atoms. The molecule has 0 bridgehead atoms. The molecule has 2 rings (SSSR count). The number of carbonyl (C=O) groups is 2. The van der Waals surface area contributed by atoms with Crippen molar-refractivity contribution in [1.29, 1.82) is 0 Å². The monoisotopic (exact) mass is 519 g/mol. The number of anilines is 1. The lowest BCUT2D eigenvalue weighted by Crippen LogP contribution is -2.21. The lowest BCUT2D eigenvalue weighted by atomic mass is 10.2. The highest BCUT2D eigenvalue weighted by atomic mass is 79.9. The van der Waals surface area contributed by atoms with E-state index in [0.717, 1.165) is 23.5 Å². The Balaban J connectivity index is 1.99. The molecule has 1 heterocycles. The number of thiophene rings is 1. The van der Waals surface area contributed by atoms with E-state index in [2.05, 4.69) is 37.2 Å². The van der Waals surface area contributed by atoms with Gasteiger partial charge in [-0.2, -0.15) is 13.2 Å². The van der Waals surface area contributed by atoms with Crippen LogP contribution in [0.25, 0.3) is 0 Å². The molecule has 0 aliphatic rings. The molecule has 0 atom stereocenters. The minimum Gasteiger partial charge on any atom is -0.451 e. The maximum Gasteiger partial charge on any atom is 0.416 e. The largest absolute Gasteiger partial charge is 0.451 e. The molecule has 0 saturated carbocycles. The van der Waals surface area contributed by atoms with Crippen molar-refractivity contribution in [3.05, 3.63) is 48.0 Å². The van der Waals surface area contributed by atoms with Gasteiger partial charge >= 0.3 is 12.1 Å². The zero-order chi connectivity index (χ0) is 18.8. The average molecular weight is 522 g/mol. The van der Waals surface area contributed by atoms with Gasteiger partial charge in [-0.3, -0.25) is 4.79 Å². The molecule has 0 saturated heterocycles. The number of carbonyl (C=O) groups excluding carboxylic acids is 2. The van der Waals surface area contributed by atoms with E-state index in [-0.39, 0.29) is 15.6 Å². The summed E-state index contributed by atoms with van der Waals surface area (Å²) < 4.78 is 44.2. The van der Waals surface area contributed by atoms with E-state index >= 15 is 0 Å². The van der Waals surface area contributed by atoms with Crippen molar-refractivity contribution in [2.45, 2.75) is 6.18 Å². The number of ether oxygens (including phenoxy) is 1. The van der Waals surface area contributed by atoms with Crippen LogP contribution >= 0.6 is 54.8 Å². The normalized spacial score (nSPS) is 11.3. The molecule has 1 aromatic carbocycles. The quantitative estimate of drug-likeness (QED) is 0.522. The SMILES string of the molecule is O=C(COC(=O)c1cc(Br)c(Br)s1)Nc1cc(C(F)(F)F)ccc1Cl. The third-order valence-corrected chi connectivity index (χ3v) is 6.31. The van der Waals surface area contributed by atoms with Crippen molar-refractivity contribution in [1.82, 2.24) is 0 Å². The summed E-state index contributed by atoms with van der Waals surface area (Å²) in [7, 11) is 0. The van der Waals surface area contributed by atoms with Crippen LogP contribution in [0.4, 0.5) is 18.9 Å². The molecule has 134 valence electrons. The molecule has 1 N–H and O–H groups in total. The number of esters is 1. The highest BCUT2D eigenvalue weighted by Gasteiger charge is 2.31. The molecule has 0 unspecified atom stereocenters. The van der Waals surface area contributed by atoms with Gasteiger partial charge in [-0.15, -0.1) is 11.3 Å². The maximum atomic E-state index is 12.7. The van der Waals surface area contributed by atoms with Gasteiger partial charge in [0.25, 0.3) is 5.91 Å². The van der Waals surface area contributed by atoms with Crippen LogP contribution in [0.5, 0.6) is 0 Å². The number of amides is 1. The predicted molar refractivity (Wildman–Crippen MR) is 95.1 cm³/mol. The van der Waals surface area contributed by atoms with Crippen LogP contribution in [0.2, 0.25) is 5.02 Å². The first-order valence-electron chi connectivity index (χ1n) is 6.36. The summed E-state index contributed by atoms with van der Waals surface area (Å²) in [6, 6.07) is 4.03. The van der Waals surface area contributed by atoms with Gasteiger partial charge in [0.15, 0.2) is 6.61 Å². The Morgan fingerprint density at radius 1 is 1.24 bits per heavy atom. The Kier molecular flexibility index (Phi) is 6.52. The van der Waals surface area contributed by atoms with Gasteiger partial charge in [0.1, 0.15) is 4.88 Å². The summed E-state index contributed by atoms with van der Waals surface area (Å²) in [5, 5.41) is 2.11. The lowest BCUT2D eigenvalue weighted by molar-refractivity contribution is -0.137. The topological polar surface area (TPSA) is 55.4 Å². The molecular weight excluding hydrogens is 514 g/mol. The van der Waals surface area contributed by atoms with E-state index in [0.29, 0.717) is 14.3 Å². The summed E-state index contributed by atoms with van der Waals surface area (Å²) in [5.74, 6) is -1.55. The Bertz CT molecular complexity index is 807. The van der Waals surface area contributed by atoms with Gasteiger partial charge in [0.05, 0.1) is 20.1 Å². The van der Waals surface area contributed by atoms with Crippen molar-refractivity contribution in [3.63, 3.8) is 0 Å². The lowest BCUT2D eigenvalue weighted by Gasteiger charge is -2.11. The summed E-state index contributed by atoms with van der Waals surface area (Å²) >= 11 is 13.3. The molecule has 0 spiro atoms. The van der Waals surface area contributed by atoms with Crippen molar-refractivity contribution in [3.8, 4) is 0 Å². The molecule has 1 amide bonds. The molecule has 0 aliphatic heterocycles. The fraction of sp³-hybridized carbons (Fsp3) is 0.143. The second kappa shape index (κ2) is 8.07. The minimum absolute atomic E-state index is 0.0706. The van der Waals surface area contributed by atoms with Gasteiger partial charge in [-0.05, 0) is 56.1 Å². The number of hydrogen-bond acceptors (Lipinski definition) is 4. The molecule has 0 aliphatic carbocycles. The summed E-state index contributed by atoms with van der Waals surface area (Å²) in [4.78, 5) is 23.9. The summed E-state index contributed by atoms with van der Waals surface area (Å²) in [6.07, 6.45) is -4.57. The number of halogens is 6. The van der Waals surface area contributed by atoms with E-state index in [4.69, 9.17) is 16.3 Å². The van der Waals surface area contributed by atoms with Crippen LogP contribution in [-0.4, -0.2) is 18.5 Å². The zero-order valence-electron chi connectivity index (χ0n) is 11.9. The van der Waals surface area contributed by atoms with Gasteiger partial charge < -0.3 is 10.1 Å². The molecule has 1 aromatic heterocycles. The molecular formula is C14H7Br2ClF3NO3S.